The lowest BCUT2D eigenvalue weighted by atomic mass is 10.3. The second-order valence-electron chi connectivity index (χ2n) is 1.91. The van der Waals surface area contributed by atoms with Crippen LogP contribution in [0, 0.1) is 0 Å². The van der Waals surface area contributed by atoms with Crippen molar-refractivity contribution < 1.29 is 4.79 Å². The second-order valence-corrected chi connectivity index (χ2v) is 1.91. The summed E-state index contributed by atoms with van der Waals surface area (Å²) in [5, 5.41) is 0. The van der Waals surface area contributed by atoms with E-state index < -0.39 is 5.91 Å². The number of carbonyl (C=O) groups excluding carboxylic acids is 1. The lowest BCUT2D eigenvalue weighted by Gasteiger charge is -1.96. The van der Waals surface area contributed by atoms with Gasteiger partial charge in [0.05, 0.1) is 0 Å². The lowest BCUT2D eigenvalue weighted by molar-refractivity contribution is 0.0948. The number of hydrazine groups is 1. The van der Waals surface area contributed by atoms with Crippen LogP contribution in [0.5, 0.6) is 0 Å². The molecule has 1 rings (SSSR count). The molecule has 0 aliphatic heterocycles. The molecule has 58 valence electrons. The third kappa shape index (κ3) is 1.65. The average molecular weight is 153 g/mol. The van der Waals surface area contributed by atoms with Gasteiger partial charge in [0.2, 0.25) is 0 Å². The van der Waals surface area contributed by atoms with Crippen molar-refractivity contribution in [2.75, 3.05) is 0 Å². The first kappa shape index (κ1) is 7.49. The zero-order chi connectivity index (χ0) is 8.27. The van der Waals surface area contributed by atoms with E-state index in [2.05, 4.69) is 4.98 Å². The van der Waals surface area contributed by atoms with Crippen molar-refractivity contribution >= 4 is 5.91 Å². The summed E-state index contributed by atoms with van der Waals surface area (Å²) in [4.78, 5) is 24.0. The molecule has 5 nitrogen and oxygen atoms in total. The molecule has 0 aliphatic carbocycles. The zero-order valence-electron chi connectivity index (χ0n) is 5.63. The van der Waals surface area contributed by atoms with E-state index in [1.54, 1.807) is 0 Å². The third-order valence-corrected chi connectivity index (χ3v) is 1.15. The molecule has 0 aromatic carbocycles. The number of pyridine rings is 1. The summed E-state index contributed by atoms with van der Waals surface area (Å²) in [5.41, 5.74) is 1.82. The Morgan fingerprint density at radius 2 is 2.36 bits per heavy atom. The molecule has 0 radical (unpaired) electrons. The number of nitrogens with one attached hydrogen (secondary N) is 2. The first-order valence-corrected chi connectivity index (χ1v) is 2.93. The van der Waals surface area contributed by atoms with Crippen molar-refractivity contribution in [3.8, 4) is 0 Å². The molecule has 0 aliphatic rings. The van der Waals surface area contributed by atoms with Gasteiger partial charge in [0.1, 0.15) is 5.69 Å². The predicted molar refractivity (Wildman–Crippen MR) is 38.7 cm³/mol. The number of amides is 1. The Morgan fingerprint density at radius 1 is 1.64 bits per heavy atom. The highest BCUT2D eigenvalue weighted by Gasteiger charge is 2.01. The summed E-state index contributed by atoms with van der Waals surface area (Å²) in [6, 6.07) is 2.48. The normalized spacial score (nSPS) is 9.18. The van der Waals surface area contributed by atoms with Crippen molar-refractivity contribution in [1.29, 1.82) is 0 Å². The Kier molecular flexibility index (Phi) is 2.03. The molecule has 0 saturated heterocycles. The van der Waals surface area contributed by atoms with Gasteiger partial charge in [-0.05, 0) is 0 Å². The Balaban J connectivity index is 3.05. The summed E-state index contributed by atoms with van der Waals surface area (Å²) >= 11 is 0. The van der Waals surface area contributed by atoms with Gasteiger partial charge in [0.25, 0.3) is 5.91 Å². The third-order valence-electron chi connectivity index (χ3n) is 1.15. The minimum atomic E-state index is -0.511. The highest BCUT2D eigenvalue weighted by molar-refractivity contribution is 5.91. The molecule has 0 spiro atoms. The molecule has 0 unspecified atom stereocenters. The minimum absolute atomic E-state index is 0.153. The largest absolute Gasteiger partial charge is 0.357 e. The smallest absolute Gasteiger partial charge is 0.281 e. The van der Waals surface area contributed by atoms with E-state index in [0.717, 1.165) is 0 Å². The molecule has 0 bridgehead atoms. The van der Waals surface area contributed by atoms with Crippen LogP contribution >= 0.6 is 0 Å². The van der Waals surface area contributed by atoms with Crippen molar-refractivity contribution in [3.05, 3.63) is 34.2 Å². The van der Waals surface area contributed by atoms with E-state index in [4.69, 9.17) is 5.84 Å². The van der Waals surface area contributed by atoms with E-state index in [0.29, 0.717) is 0 Å². The highest BCUT2D eigenvalue weighted by Crippen LogP contribution is 1.85. The number of rotatable bonds is 1. The van der Waals surface area contributed by atoms with Gasteiger partial charge in [0, 0.05) is 18.3 Å². The molecular formula is C6H7N3O2. The van der Waals surface area contributed by atoms with Crippen LogP contribution in [0.15, 0.2) is 23.1 Å². The van der Waals surface area contributed by atoms with Gasteiger partial charge in [-0.25, -0.2) is 5.84 Å². The fraction of sp³-hybridized carbons (Fsp3) is 0. The van der Waals surface area contributed by atoms with Crippen molar-refractivity contribution in [2.45, 2.75) is 0 Å². The molecule has 0 saturated carbocycles. The SMILES string of the molecule is NNC(=O)c1cc(=O)cc[nH]1. The van der Waals surface area contributed by atoms with Crippen LogP contribution < -0.4 is 16.7 Å². The van der Waals surface area contributed by atoms with Crippen LogP contribution in [0.1, 0.15) is 10.5 Å². The number of carbonyl (C=O) groups is 1. The average Bonchev–Trinajstić information content (AvgIpc) is 2.03. The van der Waals surface area contributed by atoms with E-state index in [-0.39, 0.29) is 11.1 Å². The Labute approximate surface area is 62.2 Å². The fourth-order valence-electron chi connectivity index (χ4n) is 0.654. The van der Waals surface area contributed by atoms with Gasteiger partial charge in [-0.2, -0.15) is 0 Å². The first-order valence-electron chi connectivity index (χ1n) is 2.93. The van der Waals surface area contributed by atoms with Crippen LogP contribution in [-0.2, 0) is 0 Å². The van der Waals surface area contributed by atoms with Crippen molar-refractivity contribution in [1.82, 2.24) is 10.4 Å². The van der Waals surface area contributed by atoms with Gasteiger partial charge < -0.3 is 4.98 Å². The molecule has 4 N–H and O–H groups in total. The number of aromatic amines is 1. The number of nitrogen functional groups attached to an aromatic ring is 1. The van der Waals surface area contributed by atoms with Crippen LogP contribution in [0.25, 0.3) is 0 Å². The van der Waals surface area contributed by atoms with Crippen LogP contribution in [0.2, 0.25) is 0 Å². The molecule has 0 fully saturated rings. The van der Waals surface area contributed by atoms with E-state index >= 15 is 0 Å². The lowest BCUT2D eigenvalue weighted by Crippen LogP contribution is -2.31. The maximum Gasteiger partial charge on any atom is 0.281 e. The summed E-state index contributed by atoms with van der Waals surface area (Å²) < 4.78 is 0. The topological polar surface area (TPSA) is 88.0 Å². The van der Waals surface area contributed by atoms with Crippen LogP contribution in [-0.4, -0.2) is 10.9 Å². The Hall–Kier alpha value is -1.62. The maximum absolute atomic E-state index is 10.8. The predicted octanol–water partition coefficient (Wildman–Crippen LogP) is -1.02. The number of hydrogen-bond acceptors (Lipinski definition) is 3. The highest BCUT2D eigenvalue weighted by atomic mass is 16.2. The quantitative estimate of drug-likeness (QED) is 0.274. The van der Waals surface area contributed by atoms with Crippen molar-refractivity contribution in [2.24, 2.45) is 5.84 Å². The molecule has 0 atom stereocenters. The first-order chi connectivity index (χ1) is 5.24. The van der Waals surface area contributed by atoms with Gasteiger partial charge in [-0.3, -0.25) is 15.0 Å². The monoisotopic (exact) mass is 153 g/mol. The molecule has 1 heterocycles. The summed E-state index contributed by atoms with van der Waals surface area (Å²) in [6.07, 6.45) is 1.38. The number of H-pyrrole nitrogens is 1. The number of hydrogen-bond donors (Lipinski definition) is 3. The van der Waals surface area contributed by atoms with Gasteiger partial charge in [-0.1, -0.05) is 0 Å². The Bertz CT molecular complexity index is 318. The van der Waals surface area contributed by atoms with Gasteiger partial charge in [-0.15, -0.1) is 0 Å². The number of aromatic nitrogens is 1. The molecule has 5 heteroatoms. The van der Waals surface area contributed by atoms with Crippen LogP contribution in [0.4, 0.5) is 0 Å². The summed E-state index contributed by atoms with van der Waals surface area (Å²) in [6.45, 7) is 0. The summed E-state index contributed by atoms with van der Waals surface area (Å²) in [7, 11) is 0. The Morgan fingerprint density at radius 3 is 2.91 bits per heavy atom. The number of nitrogens with two attached hydrogens (primary N) is 1. The molecule has 1 amide bonds. The maximum atomic E-state index is 10.8. The zero-order valence-corrected chi connectivity index (χ0v) is 5.63. The van der Waals surface area contributed by atoms with Gasteiger partial charge >= 0.3 is 0 Å². The second kappa shape index (κ2) is 2.98. The van der Waals surface area contributed by atoms with E-state index in [1.807, 2.05) is 5.43 Å². The van der Waals surface area contributed by atoms with Crippen molar-refractivity contribution in [3.63, 3.8) is 0 Å². The minimum Gasteiger partial charge on any atom is -0.357 e. The fourth-order valence-corrected chi connectivity index (χ4v) is 0.654. The standard InChI is InChI=1S/C6H7N3O2/c7-9-6(11)5-3-4(10)1-2-8-5/h1-3H,7H2,(H,8,10)(H,9,11). The van der Waals surface area contributed by atoms with Crippen LogP contribution in [0.3, 0.4) is 0 Å². The molecular weight excluding hydrogens is 146 g/mol. The van der Waals surface area contributed by atoms with Gasteiger partial charge in [0.15, 0.2) is 5.43 Å². The molecule has 11 heavy (non-hydrogen) atoms. The van der Waals surface area contributed by atoms with E-state index in [1.165, 1.54) is 18.3 Å². The summed E-state index contributed by atoms with van der Waals surface area (Å²) in [5.74, 6) is 4.32. The molecule has 1 aromatic heterocycles. The van der Waals surface area contributed by atoms with E-state index in [9.17, 15) is 9.59 Å². The molecule has 1 aromatic rings.